The molecule has 27 heavy (non-hydrogen) atoms. The molecule has 3 rings (SSSR count). The Kier molecular flexibility index (Phi) is 6.36. The molecule has 0 spiro atoms. The summed E-state index contributed by atoms with van der Waals surface area (Å²) in [5.41, 5.74) is 0.0342. The predicted octanol–water partition coefficient (Wildman–Crippen LogP) is 1.14. The normalized spacial score (nSPS) is 18.5. The van der Waals surface area contributed by atoms with E-state index in [9.17, 15) is 18.0 Å². The third-order valence-electron chi connectivity index (χ3n) is 4.54. The Bertz CT molecular complexity index is 817. The van der Waals surface area contributed by atoms with Crippen molar-refractivity contribution >= 4 is 33.5 Å². The summed E-state index contributed by atoms with van der Waals surface area (Å²) < 4.78 is 37.0. The van der Waals surface area contributed by atoms with Gasteiger partial charge in [-0.3, -0.25) is 4.79 Å². The van der Waals surface area contributed by atoms with Crippen molar-refractivity contribution in [2.24, 2.45) is 0 Å². The number of nitrogens with zero attached hydrogens (tertiary/aromatic N) is 2. The topological polar surface area (TPSA) is 93.2 Å². The van der Waals surface area contributed by atoms with Crippen LogP contribution in [0.4, 0.5) is 0 Å². The van der Waals surface area contributed by atoms with Gasteiger partial charge in [-0.25, -0.2) is 13.2 Å². The minimum Gasteiger partial charge on any atom is -0.452 e. The number of morpholine rings is 1. The zero-order chi connectivity index (χ0) is 19.4. The summed E-state index contributed by atoms with van der Waals surface area (Å²) in [6.45, 7) is 2.27. The van der Waals surface area contributed by atoms with Crippen LogP contribution < -0.4 is 0 Å². The smallest absolute Gasteiger partial charge is 0.338 e. The summed E-state index contributed by atoms with van der Waals surface area (Å²) in [5.74, 6) is -1.09. The van der Waals surface area contributed by atoms with Gasteiger partial charge >= 0.3 is 5.97 Å². The van der Waals surface area contributed by atoms with Crippen LogP contribution in [0.15, 0.2) is 23.1 Å². The highest BCUT2D eigenvalue weighted by atomic mass is 35.5. The van der Waals surface area contributed by atoms with Crippen molar-refractivity contribution in [2.75, 3.05) is 46.0 Å². The molecule has 1 amide bonds. The quantitative estimate of drug-likeness (QED) is 0.668. The molecule has 148 valence electrons. The van der Waals surface area contributed by atoms with Gasteiger partial charge in [0.15, 0.2) is 6.61 Å². The fraction of sp³-hybridized carbons (Fsp3) is 0.529. The van der Waals surface area contributed by atoms with Gasteiger partial charge < -0.3 is 14.4 Å². The molecule has 2 saturated heterocycles. The molecule has 2 fully saturated rings. The fourth-order valence-electron chi connectivity index (χ4n) is 3.01. The van der Waals surface area contributed by atoms with E-state index in [0.717, 1.165) is 12.8 Å². The van der Waals surface area contributed by atoms with Crippen molar-refractivity contribution in [1.82, 2.24) is 9.21 Å². The average molecular weight is 417 g/mol. The van der Waals surface area contributed by atoms with Crippen LogP contribution in [0.2, 0.25) is 5.02 Å². The second kappa shape index (κ2) is 8.55. The number of benzene rings is 1. The van der Waals surface area contributed by atoms with Gasteiger partial charge in [0, 0.05) is 26.2 Å². The average Bonchev–Trinajstić information content (AvgIpc) is 3.22. The molecule has 0 saturated carbocycles. The summed E-state index contributed by atoms with van der Waals surface area (Å²) in [5, 5.41) is 0.0443. The van der Waals surface area contributed by atoms with E-state index >= 15 is 0 Å². The molecule has 10 heteroatoms. The first-order chi connectivity index (χ1) is 12.9. The highest BCUT2D eigenvalue weighted by Gasteiger charge is 2.30. The Morgan fingerprint density at radius 1 is 1.11 bits per heavy atom. The molecule has 2 heterocycles. The number of esters is 1. The number of carbonyl (C=O) groups excluding carboxylic acids is 2. The minimum absolute atomic E-state index is 0.0342. The predicted molar refractivity (Wildman–Crippen MR) is 97.1 cm³/mol. The summed E-state index contributed by atoms with van der Waals surface area (Å²) in [7, 11) is -3.77. The first-order valence-electron chi connectivity index (χ1n) is 8.72. The zero-order valence-corrected chi connectivity index (χ0v) is 16.3. The summed E-state index contributed by atoms with van der Waals surface area (Å²) in [4.78, 5) is 25.8. The number of hydrogen-bond donors (Lipinski definition) is 0. The zero-order valence-electron chi connectivity index (χ0n) is 14.7. The van der Waals surface area contributed by atoms with E-state index in [2.05, 4.69) is 0 Å². The van der Waals surface area contributed by atoms with Gasteiger partial charge in [-0.2, -0.15) is 4.31 Å². The SMILES string of the molecule is O=C(OCC(=O)N1CCOCC1)c1ccc(Cl)c(S(=O)(=O)N2CCCC2)c1. The Morgan fingerprint density at radius 2 is 1.78 bits per heavy atom. The van der Waals surface area contributed by atoms with Crippen LogP contribution in [0, 0.1) is 0 Å². The molecule has 0 N–H and O–H groups in total. The molecule has 0 aliphatic carbocycles. The van der Waals surface area contributed by atoms with Crippen LogP contribution in [-0.2, 0) is 24.3 Å². The lowest BCUT2D eigenvalue weighted by molar-refractivity contribution is -0.138. The van der Waals surface area contributed by atoms with Crippen LogP contribution in [0.3, 0.4) is 0 Å². The third kappa shape index (κ3) is 4.60. The summed E-state index contributed by atoms with van der Waals surface area (Å²) >= 11 is 6.06. The second-order valence-electron chi connectivity index (χ2n) is 6.33. The molecular formula is C17H21ClN2O6S. The number of hydrogen-bond acceptors (Lipinski definition) is 6. The van der Waals surface area contributed by atoms with Gasteiger partial charge in [-0.1, -0.05) is 11.6 Å². The molecule has 8 nitrogen and oxygen atoms in total. The summed E-state index contributed by atoms with van der Waals surface area (Å²) in [6, 6.07) is 3.94. The molecule has 2 aliphatic rings. The second-order valence-corrected chi connectivity index (χ2v) is 8.64. The fourth-order valence-corrected chi connectivity index (χ4v) is 5.03. The van der Waals surface area contributed by atoms with E-state index < -0.39 is 22.6 Å². The van der Waals surface area contributed by atoms with Crippen molar-refractivity contribution in [1.29, 1.82) is 0 Å². The molecule has 1 aromatic rings. The van der Waals surface area contributed by atoms with Crippen LogP contribution in [0.5, 0.6) is 0 Å². The lowest BCUT2D eigenvalue weighted by atomic mass is 10.2. The van der Waals surface area contributed by atoms with Crippen molar-refractivity contribution in [3.63, 3.8) is 0 Å². The van der Waals surface area contributed by atoms with Crippen molar-refractivity contribution < 1.29 is 27.5 Å². The van der Waals surface area contributed by atoms with E-state index in [1.807, 2.05) is 0 Å². The first-order valence-corrected chi connectivity index (χ1v) is 10.5. The van der Waals surface area contributed by atoms with E-state index in [1.54, 1.807) is 4.90 Å². The van der Waals surface area contributed by atoms with E-state index in [-0.39, 0.29) is 21.4 Å². The summed E-state index contributed by atoms with van der Waals surface area (Å²) in [6.07, 6.45) is 1.59. The lowest BCUT2D eigenvalue weighted by Crippen LogP contribution is -2.42. The molecule has 0 unspecified atom stereocenters. The molecular weight excluding hydrogens is 396 g/mol. The van der Waals surface area contributed by atoms with E-state index in [4.69, 9.17) is 21.1 Å². The van der Waals surface area contributed by atoms with Crippen LogP contribution in [0.1, 0.15) is 23.2 Å². The maximum Gasteiger partial charge on any atom is 0.338 e. The van der Waals surface area contributed by atoms with Gasteiger partial charge in [-0.05, 0) is 31.0 Å². The van der Waals surface area contributed by atoms with Gasteiger partial charge in [0.25, 0.3) is 5.91 Å². The Morgan fingerprint density at radius 3 is 2.44 bits per heavy atom. The van der Waals surface area contributed by atoms with Crippen LogP contribution >= 0.6 is 11.6 Å². The largest absolute Gasteiger partial charge is 0.452 e. The maximum absolute atomic E-state index is 12.7. The van der Waals surface area contributed by atoms with Crippen molar-refractivity contribution in [3.8, 4) is 0 Å². The van der Waals surface area contributed by atoms with Gasteiger partial charge in [-0.15, -0.1) is 0 Å². The van der Waals surface area contributed by atoms with Gasteiger partial charge in [0.1, 0.15) is 4.90 Å². The first kappa shape index (κ1) is 20.1. The number of carbonyl (C=O) groups is 2. The molecule has 0 atom stereocenters. The monoisotopic (exact) mass is 416 g/mol. The Labute approximate surface area is 163 Å². The number of sulfonamides is 1. The maximum atomic E-state index is 12.7. The number of amides is 1. The molecule has 1 aromatic carbocycles. The van der Waals surface area contributed by atoms with Gasteiger partial charge in [0.05, 0.1) is 23.8 Å². The highest BCUT2D eigenvalue weighted by molar-refractivity contribution is 7.89. The lowest BCUT2D eigenvalue weighted by Gasteiger charge is -2.26. The number of ether oxygens (including phenoxy) is 2. The van der Waals surface area contributed by atoms with E-state index in [1.165, 1.54) is 22.5 Å². The third-order valence-corrected chi connectivity index (χ3v) is 6.92. The molecule has 0 bridgehead atoms. The standard InChI is InChI=1S/C17H21ClN2O6S/c18-14-4-3-13(11-15(14)27(23,24)20-5-1-2-6-20)17(22)26-12-16(21)19-7-9-25-10-8-19/h3-4,11H,1-2,5-10,12H2. The Balaban J connectivity index is 1.69. The molecule has 2 aliphatic heterocycles. The van der Waals surface area contributed by atoms with Crippen molar-refractivity contribution in [2.45, 2.75) is 17.7 Å². The van der Waals surface area contributed by atoms with E-state index in [0.29, 0.717) is 39.4 Å². The van der Waals surface area contributed by atoms with Crippen LogP contribution in [-0.4, -0.2) is 75.5 Å². The number of rotatable bonds is 5. The molecule has 0 radical (unpaired) electrons. The number of halogens is 1. The molecule has 0 aromatic heterocycles. The minimum atomic E-state index is -3.77. The Hall–Kier alpha value is -1.68. The highest BCUT2D eigenvalue weighted by Crippen LogP contribution is 2.28. The van der Waals surface area contributed by atoms with Crippen molar-refractivity contribution in [3.05, 3.63) is 28.8 Å². The van der Waals surface area contributed by atoms with Gasteiger partial charge in [0.2, 0.25) is 10.0 Å². The van der Waals surface area contributed by atoms with Crippen LogP contribution in [0.25, 0.3) is 0 Å².